The van der Waals surface area contributed by atoms with Crippen molar-refractivity contribution in [1.29, 1.82) is 0 Å². The molecule has 0 fully saturated rings. The molecule has 0 aliphatic rings. The number of rotatable bonds is 2. The highest BCUT2D eigenvalue weighted by Gasteiger charge is 2.00. The number of thiophene rings is 1. The fraction of sp³-hybridized carbons (Fsp3) is 0. The van der Waals surface area contributed by atoms with Crippen LogP contribution in [0.15, 0.2) is 35.7 Å². The Morgan fingerprint density at radius 1 is 1.40 bits per heavy atom. The molecule has 1 aromatic heterocycles. The number of carbonyl (C=O) groups is 1. The Kier molecular flexibility index (Phi) is 2.80. The van der Waals surface area contributed by atoms with Crippen LogP contribution in [0.2, 0.25) is 0 Å². The molecule has 0 unspecified atom stereocenters. The van der Waals surface area contributed by atoms with Gasteiger partial charge < -0.3 is 0 Å². The highest BCUT2D eigenvalue weighted by atomic mass is 32.1. The lowest BCUT2D eigenvalue weighted by Gasteiger charge is -1.91. The van der Waals surface area contributed by atoms with Crippen molar-refractivity contribution < 1.29 is 10.0 Å². The molecule has 2 aromatic rings. The summed E-state index contributed by atoms with van der Waals surface area (Å²) >= 11 is 1.63. The van der Waals surface area contributed by atoms with Crippen LogP contribution in [0.5, 0.6) is 0 Å². The molecular weight excluding hydrogens is 210 g/mol. The second kappa shape index (κ2) is 4.25. The van der Waals surface area contributed by atoms with Crippen molar-refractivity contribution in [2.45, 2.75) is 0 Å². The number of hydrogen-bond acceptors (Lipinski definition) is 3. The average Bonchev–Trinajstić information content (AvgIpc) is 2.69. The van der Waals surface area contributed by atoms with E-state index in [9.17, 15) is 4.79 Å². The van der Waals surface area contributed by atoms with Gasteiger partial charge in [-0.2, -0.15) is 0 Å². The second-order valence-electron chi connectivity index (χ2n) is 3.00. The van der Waals surface area contributed by atoms with Crippen LogP contribution in [0.3, 0.4) is 0 Å². The van der Waals surface area contributed by atoms with Gasteiger partial charge in [0.2, 0.25) is 0 Å². The summed E-state index contributed by atoms with van der Waals surface area (Å²) in [5, 5.41) is 11.4. The van der Waals surface area contributed by atoms with Gasteiger partial charge in [-0.25, -0.2) is 5.48 Å². The Balaban J connectivity index is 2.36. The minimum absolute atomic E-state index is 0.523. The molecule has 3 nitrogen and oxygen atoms in total. The minimum Gasteiger partial charge on any atom is -0.288 e. The van der Waals surface area contributed by atoms with Crippen LogP contribution in [-0.2, 0) is 4.79 Å². The lowest BCUT2D eigenvalue weighted by Crippen LogP contribution is -2.14. The van der Waals surface area contributed by atoms with Gasteiger partial charge in [0, 0.05) is 10.8 Å². The quantitative estimate of drug-likeness (QED) is 0.463. The third-order valence-electron chi connectivity index (χ3n) is 2.04. The molecule has 0 saturated carbocycles. The second-order valence-corrected chi connectivity index (χ2v) is 3.91. The highest BCUT2D eigenvalue weighted by molar-refractivity contribution is 7.17. The van der Waals surface area contributed by atoms with E-state index in [0.29, 0.717) is 0 Å². The molecule has 76 valence electrons. The van der Waals surface area contributed by atoms with Crippen molar-refractivity contribution in [2.24, 2.45) is 0 Å². The fourth-order valence-corrected chi connectivity index (χ4v) is 2.26. The third kappa shape index (κ3) is 2.06. The van der Waals surface area contributed by atoms with Crippen LogP contribution < -0.4 is 5.48 Å². The van der Waals surface area contributed by atoms with Gasteiger partial charge >= 0.3 is 0 Å². The summed E-state index contributed by atoms with van der Waals surface area (Å²) in [6.45, 7) is 0. The molecule has 0 aliphatic carbocycles. The summed E-state index contributed by atoms with van der Waals surface area (Å²) in [6.07, 6.45) is 2.98. The van der Waals surface area contributed by atoms with E-state index in [4.69, 9.17) is 5.21 Å². The molecule has 1 amide bonds. The van der Waals surface area contributed by atoms with Gasteiger partial charge in [-0.3, -0.25) is 10.0 Å². The highest BCUT2D eigenvalue weighted by Crippen LogP contribution is 2.26. The summed E-state index contributed by atoms with van der Waals surface area (Å²) < 4.78 is 1.18. The molecular formula is C11H9NO2S. The van der Waals surface area contributed by atoms with Crippen molar-refractivity contribution in [2.75, 3.05) is 0 Å². The number of benzene rings is 1. The molecule has 15 heavy (non-hydrogen) atoms. The first-order valence-electron chi connectivity index (χ1n) is 4.39. The molecule has 0 bridgehead atoms. The maximum absolute atomic E-state index is 10.8. The zero-order valence-electron chi connectivity index (χ0n) is 7.81. The van der Waals surface area contributed by atoms with Crippen molar-refractivity contribution in [3.05, 3.63) is 41.3 Å². The maximum Gasteiger partial charge on any atom is 0.267 e. The summed E-state index contributed by atoms with van der Waals surface area (Å²) in [6, 6.07) is 7.97. The largest absolute Gasteiger partial charge is 0.288 e. The van der Waals surface area contributed by atoms with Crippen molar-refractivity contribution in [1.82, 2.24) is 5.48 Å². The van der Waals surface area contributed by atoms with Crippen molar-refractivity contribution in [3.8, 4) is 0 Å². The first-order valence-corrected chi connectivity index (χ1v) is 5.27. The minimum atomic E-state index is -0.523. The Labute approximate surface area is 90.6 Å². The normalized spacial score (nSPS) is 11.0. The molecule has 4 heteroatoms. The Morgan fingerprint density at radius 3 is 3.00 bits per heavy atom. The van der Waals surface area contributed by atoms with Gasteiger partial charge in [0.25, 0.3) is 5.91 Å². The van der Waals surface area contributed by atoms with E-state index in [0.717, 1.165) is 10.9 Å². The molecule has 2 rings (SSSR count). The predicted molar refractivity (Wildman–Crippen MR) is 60.8 cm³/mol. The predicted octanol–water partition coefficient (Wildman–Crippen LogP) is 2.42. The van der Waals surface area contributed by atoms with Crippen LogP contribution in [0.4, 0.5) is 0 Å². The van der Waals surface area contributed by atoms with Crippen molar-refractivity contribution >= 4 is 33.4 Å². The first kappa shape index (κ1) is 9.89. The lowest BCUT2D eigenvalue weighted by atomic mass is 10.1. The fourth-order valence-electron chi connectivity index (χ4n) is 1.33. The van der Waals surface area contributed by atoms with Gasteiger partial charge in [-0.05, 0) is 28.5 Å². The zero-order chi connectivity index (χ0) is 10.7. The van der Waals surface area contributed by atoms with E-state index >= 15 is 0 Å². The number of hydroxylamine groups is 1. The van der Waals surface area contributed by atoms with Crippen LogP contribution in [0.25, 0.3) is 16.2 Å². The summed E-state index contributed by atoms with van der Waals surface area (Å²) in [5.41, 5.74) is 2.54. The third-order valence-corrected chi connectivity index (χ3v) is 3.02. The number of carbonyl (C=O) groups excluding carboxylic acids is 1. The number of fused-ring (bicyclic) bond motifs is 1. The van der Waals surface area contributed by atoms with Gasteiger partial charge in [-0.1, -0.05) is 18.2 Å². The Morgan fingerprint density at radius 2 is 2.20 bits per heavy atom. The maximum atomic E-state index is 10.8. The summed E-state index contributed by atoms with van der Waals surface area (Å²) in [7, 11) is 0. The SMILES string of the molecule is O=C(/C=C/c1csc2ccccc12)NO. The monoisotopic (exact) mass is 219 g/mol. The van der Waals surface area contributed by atoms with E-state index < -0.39 is 5.91 Å². The van der Waals surface area contributed by atoms with Crippen molar-refractivity contribution in [3.63, 3.8) is 0 Å². The molecule has 0 radical (unpaired) electrons. The zero-order valence-corrected chi connectivity index (χ0v) is 8.62. The average molecular weight is 219 g/mol. The lowest BCUT2D eigenvalue weighted by molar-refractivity contribution is -0.124. The topological polar surface area (TPSA) is 49.3 Å². The van der Waals surface area contributed by atoms with Crippen LogP contribution in [0.1, 0.15) is 5.56 Å². The molecule has 0 saturated heterocycles. The Bertz CT molecular complexity index is 516. The molecule has 1 heterocycles. The van der Waals surface area contributed by atoms with E-state index in [1.165, 1.54) is 10.8 Å². The van der Waals surface area contributed by atoms with Gasteiger partial charge in [0.1, 0.15) is 0 Å². The smallest absolute Gasteiger partial charge is 0.267 e. The summed E-state index contributed by atoms with van der Waals surface area (Å²) in [5.74, 6) is -0.523. The van der Waals surface area contributed by atoms with E-state index in [1.807, 2.05) is 29.6 Å². The van der Waals surface area contributed by atoms with Crippen LogP contribution in [-0.4, -0.2) is 11.1 Å². The number of amides is 1. The first-order chi connectivity index (χ1) is 7.31. The van der Waals surface area contributed by atoms with Gasteiger partial charge in [-0.15, -0.1) is 11.3 Å². The van der Waals surface area contributed by atoms with Crippen LogP contribution >= 0.6 is 11.3 Å². The summed E-state index contributed by atoms with van der Waals surface area (Å²) in [4.78, 5) is 10.8. The van der Waals surface area contributed by atoms with E-state index in [1.54, 1.807) is 22.9 Å². The molecule has 0 atom stereocenters. The molecule has 2 N–H and O–H groups in total. The van der Waals surface area contributed by atoms with Gasteiger partial charge in [0.15, 0.2) is 0 Å². The molecule has 0 aliphatic heterocycles. The van der Waals surface area contributed by atoms with Gasteiger partial charge in [0.05, 0.1) is 0 Å². The Hall–Kier alpha value is -1.65. The standard InChI is InChI=1S/C11H9NO2S/c13-11(12-14)6-5-8-7-15-10-4-2-1-3-9(8)10/h1-7,14H,(H,12,13)/b6-5+. The van der Waals surface area contributed by atoms with E-state index in [-0.39, 0.29) is 0 Å². The van der Waals surface area contributed by atoms with E-state index in [2.05, 4.69) is 0 Å². The number of hydrogen-bond donors (Lipinski definition) is 2. The number of nitrogens with one attached hydrogen (secondary N) is 1. The molecule has 0 spiro atoms. The van der Waals surface area contributed by atoms with Crippen LogP contribution in [0, 0.1) is 0 Å². The molecule has 1 aromatic carbocycles.